The standard InChI is InChI=1S/C20H23FN4O4S/c1-14(19(26)24-17-5-2-10-22-12-17)23-20(27)15-4-3-11-25(13-15)30(28,29)18-8-6-16(21)7-9-18/h2,5-10,12,14-15H,3-4,11,13H2,1H3,(H,23,27)(H,24,26). The van der Waals surface area contributed by atoms with Gasteiger partial charge in [-0.1, -0.05) is 0 Å². The minimum absolute atomic E-state index is 0.00247. The quantitative estimate of drug-likeness (QED) is 0.720. The van der Waals surface area contributed by atoms with Crippen LogP contribution in [0.1, 0.15) is 19.8 Å². The fourth-order valence-electron chi connectivity index (χ4n) is 3.21. The van der Waals surface area contributed by atoms with Crippen molar-refractivity contribution in [1.82, 2.24) is 14.6 Å². The lowest BCUT2D eigenvalue weighted by Crippen LogP contribution is -2.49. The van der Waals surface area contributed by atoms with Gasteiger partial charge in [0, 0.05) is 19.3 Å². The normalized spacial score (nSPS) is 18.4. The predicted molar refractivity (Wildman–Crippen MR) is 108 cm³/mol. The molecule has 0 radical (unpaired) electrons. The molecule has 0 saturated carbocycles. The Bertz CT molecular complexity index is 999. The molecule has 1 fully saturated rings. The number of amides is 2. The Hall–Kier alpha value is -2.85. The van der Waals surface area contributed by atoms with Crippen molar-refractivity contribution in [1.29, 1.82) is 0 Å². The third-order valence-electron chi connectivity index (χ3n) is 4.89. The van der Waals surface area contributed by atoms with Gasteiger partial charge >= 0.3 is 0 Å². The van der Waals surface area contributed by atoms with E-state index in [0.29, 0.717) is 18.5 Å². The number of aromatic nitrogens is 1. The maximum absolute atomic E-state index is 13.1. The molecule has 3 rings (SSSR count). The second-order valence-electron chi connectivity index (χ2n) is 7.12. The van der Waals surface area contributed by atoms with E-state index in [1.54, 1.807) is 25.3 Å². The number of sulfonamides is 1. The van der Waals surface area contributed by atoms with Crippen LogP contribution in [-0.2, 0) is 19.6 Å². The molecule has 0 spiro atoms. The first-order chi connectivity index (χ1) is 14.3. The topological polar surface area (TPSA) is 108 Å². The van der Waals surface area contributed by atoms with Crippen LogP contribution in [-0.4, -0.2) is 48.7 Å². The van der Waals surface area contributed by atoms with Gasteiger partial charge in [0.05, 0.1) is 22.7 Å². The average molecular weight is 434 g/mol. The number of carbonyl (C=O) groups excluding carboxylic acids is 2. The Morgan fingerprint density at radius 2 is 1.97 bits per heavy atom. The van der Waals surface area contributed by atoms with Crippen molar-refractivity contribution in [2.75, 3.05) is 18.4 Å². The van der Waals surface area contributed by atoms with E-state index >= 15 is 0 Å². The highest BCUT2D eigenvalue weighted by Crippen LogP contribution is 2.24. The first-order valence-corrected chi connectivity index (χ1v) is 11.0. The largest absolute Gasteiger partial charge is 0.344 e. The monoisotopic (exact) mass is 434 g/mol. The number of carbonyl (C=O) groups is 2. The summed E-state index contributed by atoms with van der Waals surface area (Å²) in [6.07, 6.45) is 4.09. The van der Waals surface area contributed by atoms with Crippen LogP contribution < -0.4 is 10.6 Å². The van der Waals surface area contributed by atoms with Crippen molar-refractivity contribution >= 4 is 27.5 Å². The molecule has 2 aromatic rings. The molecule has 1 saturated heterocycles. The minimum Gasteiger partial charge on any atom is -0.344 e. The Labute approximate surface area is 174 Å². The number of halogens is 1. The number of benzene rings is 1. The van der Waals surface area contributed by atoms with Gasteiger partial charge < -0.3 is 10.6 Å². The summed E-state index contributed by atoms with van der Waals surface area (Å²) in [7, 11) is -3.83. The first-order valence-electron chi connectivity index (χ1n) is 9.54. The average Bonchev–Trinajstić information content (AvgIpc) is 2.74. The van der Waals surface area contributed by atoms with Gasteiger partial charge in [-0.3, -0.25) is 14.6 Å². The van der Waals surface area contributed by atoms with Gasteiger partial charge in [-0.15, -0.1) is 0 Å². The zero-order chi connectivity index (χ0) is 21.7. The molecular formula is C20H23FN4O4S. The van der Waals surface area contributed by atoms with Crippen LogP contribution in [0.3, 0.4) is 0 Å². The van der Waals surface area contributed by atoms with Crippen LogP contribution in [0.2, 0.25) is 0 Å². The number of piperidine rings is 1. The molecule has 1 aromatic heterocycles. The summed E-state index contributed by atoms with van der Waals surface area (Å²) in [5.41, 5.74) is 0.512. The van der Waals surface area contributed by atoms with E-state index in [-0.39, 0.29) is 23.9 Å². The Kier molecular flexibility index (Phi) is 6.78. The fourth-order valence-corrected chi connectivity index (χ4v) is 4.74. The van der Waals surface area contributed by atoms with Crippen LogP contribution >= 0.6 is 0 Å². The molecule has 2 N–H and O–H groups in total. The molecule has 2 unspecified atom stereocenters. The van der Waals surface area contributed by atoms with Crippen molar-refractivity contribution in [3.05, 3.63) is 54.6 Å². The molecule has 2 atom stereocenters. The number of pyridine rings is 1. The van der Waals surface area contributed by atoms with E-state index in [9.17, 15) is 22.4 Å². The Balaban J connectivity index is 1.61. The van der Waals surface area contributed by atoms with Gasteiger partial charge in [-0.2, -0.15) is 4.31 Å². The van der Waals surface area contributed by atoms with E-state index in [0.717, 1.165) is 12.1 Å². The van der Waals surface area contributed by atoms with Crippen molar-refractivity contribution in [2.24, 2.45) is 5.92 Å². The highest BCUT2D eigenvalue weighted by molar-refractivity contribution is 7.89. The third kappa shape index (κ3) is 5.19. The predicted octanol–water partition coefficient (Wildman–Crippen LogP) is 1.76. The maximum atomic E-state index is 13.1. The first kappa shape index (κ1) is 21.8. The van der Waals surface area contributed by atoms with Crippen LogP contribution in [0, 0.1) is 11.7 Å². The van der Waals surface area contributed by atoms with Crippen LogP contribution in [0.25, 0.3) is 0 Å². The molecule has 0 aliphatic carbocycles. The highest BCUT2D eigenvalue weighted by Gasteiger charge is 2.34. The number of hydrogen-bond donors (Lipinski definition) is 2. The van der Waals surface area contributed by atoms with E-state index in [2.05, 4.69) is 15.6 Å². The zero-order valence-corrected chi connectivity index (χ0v) is 17.2. The lowest BCUT2D eigenvalue weighted by molar-refractivity contribution is -0.129. The third-order valence-corrected chi connectivity index (χ3v) is 6.77. The summed E-state index contributed by atoms with van der Waals surface area (Å²) >= 11 is 0. The van der Waals surface area contributed by atoms with Crippen molar-refractivity contribution in [2.45, 2.75) is 30.7 Å². The fraction of sp³-hybridized carbons (Fsp3) is 0.350. The smallest absolute Gasteiger partial charge is 0.246 e. The van der Waals surface area contributed by atoms with E-state index in [4.69, 9.17) is 0 Å². The van der Waals surface area contributed by atoms with Crippen LogP contribution in [0.15, 0.2) is 53.7 Å². The van der Waals surface area contributed by atoms with Gasteiger partial charge in [-0.05, 0) is 56.2 Å². The Morgan fingerprint density at radius 1 is 1.23 bits per heavy atom. The SMILES string of the molecule is CC(NC(=O)C1CCCN(S(=O)(=O)c2ccc(F)cc2)C1)C(=O)Nc1cccnc1. The zero-order valence-electron chi connectivity index (χ0n) is 16.4. The van der Waals surface area contributed by atoms with Gasteiger partial charge in [0.1, 0.15) is 11.9 Å². The number of anilines is 1. The molecule has 160 valence electrons. The number of rotatable bonds is 6. The molecule has 2 heterocycles. The van der Waals surface area contributed by atoms with Gasteiger partial charge in [-0.25, -0.2) is 12.8 Å². The molecule has 0 bridgehead atoms. The molecule has 1 aliphatic heterocycles. The van der Waals surface area contributed by atoms with Crippen molar-refractivity contribution < 1.29 is 22.4 Å². The number of hydrogen-bond acceptors (Lipinski definition) is 5. The van der Waals surface area contributed by atoms with Crippen molar-refractivity contribution in [3.8, 4) is 0 Å². The summed E-state index contributed by atoms with van der Waals surface area (Å²) < 4.78 is 39.9. The minimum atomic E-state index is -3.83. The second kappa shape index (κ2) is 9.31. The summed E-state index contributed by atoms with van der Waals surface area (Å²) in [5.74, 6) is -1.89. The molecule has 2 amide bonds. The molecular weight excluding hydrogens is 411 g/mol. The van der Waals surface area contributed by atoms with E-state index in [1.165, 1.54) is 22.6 Å². The highest BCUT2D eigenvalue weighted by atomic mass is 32.2. The van der Waals surface area contributed by atoms with Gasteiger partial charge in [0.2, 0.25) is 21.8 Å². The second-order valence-corrected chi connectivity index (χ2v) is 9.06. The summed E-state index contributed by atoms with van der Waals surface area (Å²) in [4.78, 5) is 28.8. The van der Waals surface area contributed by atoms with E-state index < -0.39 is 33.7 Å². The number of nitrogens with zero attached hydrogens (tertiary/aromatic N) is 2. The molecule has 1 aliphatic rings. The Morgan fingerprint density at radius 3 is 2.63 bits per heavy atom. The van der Waals surface area contributed by atoms with Gasteiger partial charge in [0.25, 0.3) is 0 Å². The lowest BCUT2D eigenvalue weighted by atomic mass is 9.98. The van der Waals surface area contributed by atoms with Crippen LogP contribution in [0.5, 0.6) is 0 Å². The summed E-state index contributed by atoms with van der Waals surface area (Å²) in [6, 6.07) is 7.14. The van der Waals surface area contributed by atoms with Crippen LogP contribution in [0.4, 0.5) is 10.1 Å². The summed E-state index contributed by atoms with van der Waals surface area (Å²) in [6.45, 7) is 1.84. The lowest BCUT2D eigenvalue weighted by Gasteiger charge is -2.31. The molecule has 10 heteroatoms. The number of nitrogens with one attached hydrogen (secondary N) is 2. The summed E-state index contributed by atoms with van der Waals surface area (Å²) in [5, 5.41) is 5.30. The van der Waals surface area contributed by atoms with Gasteiger partial charge in [0.15, 0.2) is 0 Å². The van der Waals surface area contributed by atoms with E-state index in [1.807, 2.05) is 0 Å². The molecule has 30 heavy (non-hydrogen) atoms. The maximum Gasteiger partial charge on any atom is 0.246 e. The van der Waals surface area contributed by atoms with Crippen molar-refractivity contribution in [3.63, 3.8) is 0 Å². The molecule has 1 aromatic carbocycles. The molecule has 8 nitrogen and oxygen atoms in total.